The van der Waals surface area contributed by atoms with E-state index in [0.717, 1.165) is 34.7 Å². The summed E-state index contributed by atoms with van der Waals surface area (Å²) in [5.74, 6) is 0.715. The Balaban J connectivity index is 2.17. The zero-order valence-electron chi connectivity index (χ0n) is 14.3. The predicted octanol–water partition coefficient (Wildman–Crippen LogP) is 3.16. The minimum atomic E-state index is -0.651. The number of amides is 1. The number of rotatable bonds is 3. The lowest BCUT2D eigenvalue weighted by Gasteiger charge is -2.34. The minimum Gasteiger partial charge on any atom is -0.495 e. The Kier molecular flexibility index (Phi) is 3.47. The fourth-order valence-corrected chi connectivity index (χ4v) is 2.97. The lowest BCUT2D eigenvalue weighted by atomic mass is 9.80. The first-order valence-corrected chi connectivity index (χ1v) is 7.90. The predicted molar refractivity (Wildman–Crippen MR) is 92.8 cm³/mol. The van der Waals surface area contributed by atoms with E-state index in [-0.39, 0.29) is 11.4 Å². The number of methoxy groups -OCH3 is 1. The molecule has 5 heteroatoms. The number of hydrogen-bond donors (Lipinski definition) is 2. The standard InChI is InChI=1S/C18H23N3O2/c1-6-18(4)10-9-11-12(7-8-13(23-5)14(11)19-18)15-17(2,3)16(22)21-20-15/h7-10,19H,6H2,1-5H3,(H,21,22). The van der Waals surface area contributed by atoms with Gasteiger partial charge in [0.15, 0.2) is 0 Å². The van der Waals surface area contributed by atoms with Crippen molar-refractivity contribution < 1.29 is 9.53 Å². The number of hydrazone groups is 1. The highest BCUT2D eigenvalue weighted by Gasteiger charge is 2.41. The molecule has 0 bridgehead atoms. The summed E-state index contributed by atoms with van der Waals surface area (Å²) < 4.78 is 5.52. The van der Waals surface area contributed by atoms with Crippen LogP contribution in [0.15, 0.2) is 23.3 Å². The fourth-order valence-electron chi connectivity index (χ4n) is 2.97. The Morgan fingerprint density at radius 1 is 1.26 bits per heavy atom. The number of ether oxygens (including phenoxy) is 1. The lowest BCUT2D eigenvalue weighted by Crippen LogP contribution is -2.35. The molecule has 122 valence electrons. The maximum absolute atomic E-state index is 12.0. The van der Waals surface area contributed by atoms with E-state index in [2.05, 4.69) is 41.8 Å². The average molecular weight is 313 g/mol. The lowest BCUT2D eigenvalue weighted by molar-refractivity contribution is -0.125. The molecule has 1 aromatic rings. The first-order chi connectivity index (χ1) is 10.8. The molecule has 0 aromatic heterocycles. The van der Waals surface area contributed by atoms with Crippen molar-refractivity contribution in [2.24, 2.45) is 10.5 Å². The Hall–Kier alpha value is -2.30. The molecule has 0 saturated heterocycles. The van der Waals surface area contributed by atoms with E-state index < -0.39 is 5.41 Å². The third kappa shape index (κ3) is 2.31. The van der Waals surface area contributed by atoms with E-state index >= 15 is 0 Å². The van der Waals surface area contributed by atoms with Crippen LogP contribution < -0.4 is 15.5 Å². The number of benzene rings is 1. The van der Waals surface area contributed by atoms with Crippen molar-refractivity contribution >= 4 is 23.4 Å². The molecular formula is C18H23N3O2. The third-order valence-electron chi connectivity index (χ3n) is 4.87. The van der Waals surface area contributed by atoms with Crippen molar-refractivity contribution in [2.75, 3.05) is 12.4 Å². The maximum atomic E-state index is 12.0. The Bertz CT molecular complexity index is 734. The first kappa shape index (κ1) is 15.6. The van der Waals surface area contributed by atoms with Crippen molar-refractivity contribution in [2.45, 2.75) is 39.7 Å². The highest BCUT2D eigenvalue weighted by Crippen LogP contribution is 2.41. The number of carbonyl (C=O) groups excluding carboxylic acids is 1. The van der Waals surface area contributed by atoms with Gasteiger partial charge in [-0.2, -0.15) is 5.10 Å². The van der Waals surface area contributed by atoms with Gasteiger partial charge in [-0.1, -0.05) is 19.1 Å². The van der Waals surface area contributed by atoms with Gasteiger partial charge in [0.05, 0.1) is 29.5 Å². The van der Waals surface area contributed by atoms with Crippen LogP contribution in [0.4, 0.5) is 5.69 Å². The van der Waals surface area contributed by atoms with Crippen molar-refractivity contribution in [3.8, 4) is 5.75 Å². The highest BCUT2D eigenvalue weighted by atomic mass is 16.5. The number of hydrogen-bond acceptors (Lipinski definition) is 4. The summed E-state index contributed by atoms with van der Waals surface area (Å²) in [5, 5.41) is 7.85. The van der Waals surface area contributed by atoms with Crippen LogP contribution in [0, 0.1) is 5.41 Å². The largest absolute Gasteiger partial charge is 0.495 e. The summed E-state index contributed by atoms with van der Waals surface area (Å²) in [7, 11) is 1.67. The average Bonchev–Trinajstić information content (AvgIpc) is 2.80. The summed E-state index contributed by atoms with van der Waals surface area (Å²) in [6, 6.07) is 3.90. The monoisotopic (exact) mass is 313 g/mol. The Morgan fingerprint density at radius 2 is 2.00 bits per heavy atom. The zero-order chi connectivity index (χ0) is 16.8. The molecule has 0 aliphatic carbocycles. The summed E-state index contributed by atoms with van der Waals surface area (Å²) in [6.07, 6.45) is 5.23. The van der Waals surface area contributed by atoms with Crippen molar-refractivity contribution in [1.82, 2.24) is 5.43 Å². The summed E-state index contributed by atoms with van der Waals surface area (Å²) >= 11 is 0. The smallest absolute Gasteiger partial charge is 0.251 e. The molecule has 1 atom stereocenters. The topological polar surface area (TPSA) is 62.7 Å². The van der Waals surface area contributed by atoms with E-state index in [1.54, 1.807) is 7.11 Å². The van der Waals surface area contributed by atoms with Crippen LogP contribution in [0.25, 0.3) is 6.08 Å². The molecule has 5 nitrogen and oxygen atoms in total. The molecule has 23 heavy (non-hydrogen) atoms. The highest BCUT2D eigenvalue weighted by molar-refractivity contribution is 6.21. The van der Waals surface area contributed by atoms with Gasteiger partial charge < -0.3 is 10.1 Å². The van der Waals surface area contributed by atoms with Gasteiger partial charge in [-0.3, -0.25) is 4.79 Å². The van der Waals surface area contributed by atoms with E-state index in [4.69, 9.17) is 4.74 Å². The zero-order valence-corrected chi connectivity index (χ0v) is 14.3. The molecule has 0 radical (unpaired) electrons. The number of nitrogens with one attached hydrogen (secondary N) is 2. The van der Waals surface area contributed by atoms with Gasteiger partial charge in [0.25, 0.3) is 5.91 Å². The molecule has 3 rings (SSSR count). The van der Waals surface area contributed by atoms with Crippen molar-refractivity contribution in [3.05, 3.63) is 29.3 Å². The number of anilines is 1. The molecular weight excluding hydrogens is 290 g/mol. The second kappa shape index (κ2) is 5.11. The van der Waals surface area contributed by atoms with Crippen LogP contribution in [-0.2, 0) is 4.79 Å². The van der Waals surface area contributed by atoms with Crippen LogP contribution in [0.5, 0.6) is 5.75 Å². The quantitative estimate of drug-likeness (QED) is 0.901. The van der Waals surface area contributed by atoms with Crippen LogP contribution in [0.3, 0.4) is 0 Å². The second-order valence-electron chi connectivity index (χ2n) is 6.86. The van der Waals surface area contributed by atoms with E-state index in [0.29, 0.717) is 0 Å². The van der Waals surface area contributed by atoms with Gasteiger partial charge >= 0.3 is 0 Å². The first-order valence-electron chi connectivity index (χ1n) is 7.90. The molecule has 1 aromatic carbocycles. The summed E-state index contributed by atoms with van der Waals surface area (Å²) in [4.78, 5) is 12.0. The van der Waals surface area contributed by atoms with Crippen LogP contribution in [0.1, 0.15) is 45.2 Å². The molecule has 2 aliphatic heterocycles. The third-order valence-corrected chi connectivity index (χ3v) is 4.87. The van der Waals surface area contributed by atoms with Crippen molar-refractivity contribution in [3.63, 3.8) is 0 Å². The molecule has 0 saturated carbocycles. The fraction of sp³-hybridized carbons (Fsp3) is 0.444. The molecule has 0 spiro atoms. The van der Waals surface area contributed by atoms with Gasteiger partial charge in [0.1, 0.15) is 5.75 Å². The summed E-state index contributed by atoms with van der Waals surface area (Å²) in [5.41, 5.74) is 5.51. The number of carbonyl (C=O) groups is 1. The van der Waals surface area contributed by atoms with Crippen LogP contribution in [0.2, 0.25) is 0 Å². The van der Waals surface area contributed by atoms with Crippen LogP contribution >= 0.6 is 0 Å². The number of fused-ring (bicyclic) bond motifs is 1. The van der Waals surface area contributed by atoms with Gasteiger partial charge in [0.2, 0.25) is 0 Å². The molecule has 1 unspecified atom stereocenters. The van der Waals surface area contributed by atoms with Crippen LogP contribution in [-0.4, -0.2) is 24.3 Å². The SMILES string of the molecule is CCC1(C)C=Cc2c(C3=NNC(=O)C3(C)C)ccc(OC)c2N1. The van der Waals surface area contributed by atoms with E-state index in [1.165, 1.54) is 0 Å². The molecule has 2 N–H and O–H groups in total. The molecule has 1 amide bonds. The van der Waals surface area contributed by atoms with Gasteiger partial charge in [0, 0.05) is 11.1 Å². The minimum absolute atomic E-state index is 0.0804. The van der Waals surface area contributed by atoms with Gasteiger partial charge in [-0.25, -0.2) is 5.43 Å². The molecule has 2 aliphatic rings. The summed E-state index contributed by atoms with van der Waals surface area (Å²) in [6.45, 7) is 8.08. The Labute approximate surface area is 136 Å². The molecule has 0 fully saturated rings. The molecule has 2 heterocycles. The van der Waals surface area contributed by atoms with E-state index in [1.807, 2.05) is 26.0 Å². The number of nitrogens with zero attached hydrogens (tertiary/aromatic N) is 1. The van der Waals surface area contributed by atoms with Gasteiger partial charge in [-0.05, 0) is 39.3 Å². The normalized spacial score (nSPS) is 24.6. The Morgan fingerprint density at radius 3 is 2.57 bits per heavy atom. The maximum Gasteiger partial charge on any atom is 0.251 e. The van der Waals surface area contributed by atoms with Gasteiger partial charge in [-0.15, -0.1) is 0 Å². The second-order valence-corrected chi connectivity index (χ2v) is 6.86. The van der Waals surface area contributed by atoms with E-state index in [9.17, 15) is 4.79 Å². The van der Waals surface area contributed by atoms with Crippen molar-refractivity contribution in [1.29, 1.82) is 0 Å².